The van der Waals surface area contributed by atoms with E-state index < -0.39 is 0 Å². The van der Waals surface area contributed by atoms with Crippen molar-refractivity contribution in [1.29, 1.82) is 0 Å². The van der Waals surface area contributed by atoms with Gasteiger partial charge in [-0.1, -0.05) is 12.1 Å². The number of aryl methyl sites for hydroxylation is 1. The van der Waals surface area contributed by atoms with Gasteiger partial charge in [-0.25, -0.2) is 15.8 Å². The molecule has 1 aromatic carbocycles. The summed E-state index contributed by atoms with van der Waals surface area (Å²) in [6, 6.07) is 7.99. The van der Waals surface area contributed by atoms with Crippen LogP contribution in [-0.2, 0) is 6.54 Å². The molecule has 2 aromatic rings. The molecule has 1 heterocycles. The number of nitrogens with two attached hydrogens (primary N) is 1. The summed E-state index contributed by atoms with van der Waals surface area (Å²) >= 11 is 0. The van der Waals surface area contributed by atoms with E-state index in [1.165, 1.54) is 0 Å². The van der Waals surface area contributed by atoms with Crippen molar-refractivity contribution in [2.75, 3.05) is 24.5 Å². The fraction of sp³-hybridized carbons (Fsp3) is 0.333. The summed E-state index contributed by atoms with van der Waals surface area (Å²) in [5.41, 5.74) is 4.69. The molecule has 1 aromatic heterocycles. The number of hydrazine groups is 1. The van der Waals surface area contributed by atoms with E-state index in [-0.39, 0.29) is 0 Å². The third kappa shape index (κ3) is 3.41. The van der Waals surface area contributed by atoms with E-state index in [0.717, 1.165) is 29.2 Å². The molecule has 0 aliphatic rings. The molecular formula is C15H21N5O. The van der Waals surface area contributed by atoms with Crippen molar-refractivity contribution < 1.29 is 4.74 Å². The van der Waals surface area contributed by atoms with Crippen molar-refractivity contribution in [2.45, 2.75) is 20.4 Å². The zero-order valence-corrected chi connectivity index (χ0v) is 12.8. The number of aromatic nitrogens is 2. The maximum Gasteiger partial charge on any atom is 0.148 e. The molecule has 0 aliphatic heterocycles. The average molecular weight is 287 g/mol. The number of benzene rings is 1. The molecular weight excluding hydrogens is 266 g/mol. The fourth-order valence-electron chi connectivity index (χ4n) is 2.25. The summed E-state index contributed by atoms with van der Waals surface area (Å²) < 4.78 is 5.25. The van der Waals surface area contributed by atoms with Crippen LogP contribution < -0.4 is 20.9 Å². The smallest absolute Gasteiger partial charge is 0.148 e. The number of anilines is 2. The summed E-state index contributed by atoms with van der Waals surface area (Å²) in [5.74, 6) is 8.54. The Balaban J connectivity index is 2.27. The van der Waals surface area contributed by atoms with Gasteiger partial charge in [-0.15, -0.1) is 0 Å². The highest BCUT2D eigenvalue weighted by molar-refractivity contribution is 5.58. The highest BCUT2D eigenvalue weighted by atomic mass is 16.5. The monoisotopic (exact) mass is 287 g/mol. The Hall–Kier alpha value is -2.34. The number of ether oxygens (including phenoxy) is 1. The number of hydrogen-bond acceptors (Lipinski definition) is 6. The number of methoxy groups -OCH3 is 1. The van der Waals surface area contributed by atoms with Gasteiger partial charge in [0, 0.05) is 19.2 Å². The van der Waals surface area contributed by atoms with E-state index in [9.17, 15) is 0 Å². The van der Waals surface area contributed by atoms with Crippen LogP contribution in [0.3, 0.4) is 0 Å². The molecule has 0 unspecified atom stereocenters. The first-order valence-corrected chi connectivity index (χ1v) is 6.71. The Kier molecular flexibility index (Phi) is 4.59. The van der Waals surface area contributed by atoms with E-state index in [0.29, 0.717) is 11.6 Å². The number of nitrogen functional groups attached to an aromatic ring is 1. The lowest BCUT2D eigenvalue weighted by Crippen LogP contribution is -2.21. The lowest BCUT2D eigenvalue weighted by molar-refractivity contribution is 0.414. The van der Waals surface area contributed by atoms with Gasteiger partial charge in [-0.3, -0.25) is 0 Å². The molecule has 0 aliphatic carbocycles. The van der Waals surface area contributed by atoms with E-state index in [2.05, 4.69) is 26.4 Å². The zero-order valence-electron chi connectivity index (χ0n) is 12.8. The Labute approximate surface area is 124 Å². The zero-order chi connectivity index (χ0) is 15.4. The second-order valence-electron chi connectivity index (χ2n) is 4.92. The Bertz CT molecular complexity index is 629. The van der Waals surface area contributed by atoms with E-state index in [1.807, 2.05) is 39.1 Å². The molecule has 112 valence electrons. The second kappa shape index (κ2) is 6.41. The van der Waals surface area contributed by atoms with E-state index in [4.69, 9.17) is 10.6 Å². The number of rotatable bonds is 5. The van der Waals surface area contributed by atoms with Crippen LogP contribution in [0.25, 0.3) is 0 Å². The third-order valence-electron chi connectivity index (χ3n) is 3.28. The lowest BCUT2D eigenvalue weighted by Gasteiger charge is -2.22. The topological polar surface area (TPSA) is 76.3 Å². The van der Waals surface area contributed by atoms with E-state index in [1.54, 1.807) is 7.11 Å². The first-order valence-electron chi connectivity index (χ1n) is 6.71. The predicted molar refractivity (Wildman–Crippen MR) is 84.4 cm³/mol. The molecule has 0 fully saturated rings. The van der Waals surface area contributed by atoms with Crippen molar-refractivity contribution in [1.82, 2.24) is 9.97 Å². The van der Waals surface area contributed by atoms with Gasteiger partial charge in [-0.05, 0) is 31.5 Å². The van der Waals surface area contributed by atoms with Crippen LogP contribution in [0.2, 0.25) is 0 Å². The van der Waals surface area contributed by atoms with Crippen molar-refractivity contribution >= 4 is 11.6 Å². The summed E-state index contributed by atoms with van der Waals surface area (Å²) in [6.45, 7) is 4.52. The highest BCUT2D eigenvalue weighted by Crippen LogP contribution is 2.24. The van der Waals surface area contributed by atoms with Gasteiger partial charge in [-0.2, -0.15) is 0 Å². The largest absolute Gasteiger partial charge is 0.497 e. The standard InChI is InChI=1S/C15H21N5O/c1-10-14(19-16)17-11(2)18-15(10)20(3)9-12-6-5-7-13(8-12)21-4/h5-8H,9,16H2,1-4H3,(H,17,18,19). The molecule has 2 rings (SSSR count). The van der Waals surface area contributed by atoms with Crippen LogP contribution in [-0.4, -0.2) is 24.1 Å². The number of nitrogens with zero attached hydrogens (tertiary/aromatic N) is 3. The SMILES string of the molecule is COc1cccc(CN(C)c2nc(C)nc(NN)c2C)c1. The van der Waals surface area contributed by atoms with Gasteiger partial charge in [0.05, 0.1) is 7.11 Å². The first-order chi connectivity index (χ1) is 10.0. The molecule has 0 amide bonds. The van der Waals surface area contributed by atoms with Crippen molar-refractivity contribution in [3.63, 3.8) is 0 Å². The minimum atomic E-state index is 0.648. The molecule has 0 saturated heterocycles. The molecule has 0 saturated carbocycles. The first kappa shape index (κ1) is 15.1. The summed E-state index contributed by atoms with van der Waals surface area (Å²) in [4.78, 5) is 10.9. The van der Waals surface area contributed by atoms with Crippen LogP contribution >= 0.6 is 0 Å². The number of hydrogen-bond donors (Lipinski definition) is 2. The van der Waals surface area contributed by atoms with Gasteiger partial charge in [0.25, 0.3) is 0 Å². The average Bonchev–Trinajstić information content (AvgIpc) is 2.49. The van der Waals surface area contributed by atoms with Crippen LogP contribution in [0, 0.1) is 13.8 Å². The van der Waals surface area contributed by atoms with Gasteiger partial charge in [0.2, 0.25) is 0 Å². The number of nitrogens with one attached hydrogen (secondary N) is 1. The molecule has 21 heavy (non-hydrogen) atoms. The van der Waals surface area contributed by atoms with Crippen molar-refractivity contribution in [2.24, 2.45) is 5.84 Å². The molecule has 0 atom stereocenters. The minimum Gasteiger partial charge on any atom is -0.497 e. The highest BCUT2D eigenvalue weighted by Gasteiger charge is 2.13. The third-order valence-corrected chi connectivity index (χ3v) is 3.28. The molecule has 6 nitrogen and oxygen atoms in total. The molecule has 0 spiro atoms. The minimum absolute atomic E-state index is 0.648. The van der Waals surface area contributed by atoms with Gasteiger partial charge < -0.3 is 15.1 Å². The van der Waals surface area contributed by atoms with Crippen LogP contribution in [0.1, 0.15) is 17.0 Å². The second-order valence-corrected chi connectivity index (χ2v) is 4.92. The lowest BCUT2D eigenvalue weighted by atomic mass is 10.2. The van der Waals surface area contributed by atoms with Crippen molar-refractivity contribution in [3.05, 3.63) is 41.2 Å². The normalized spacial score (nSPS) is 10.3. The Morgan fingerprint density at radius 2 is 2.05 bits per heavy atom. The summed E-state index contributed by atoms with van der Waals surface area (Å²) in [7, 11) is 3.66. The van der Waals surface area contributed by atoms with Crippen molar-refractivity contribution in [3.8, 4) is 5.75 Å². The fourth-order valence-corrected chi connectivity index (χ4v) is 2.25. The van der Waals surface area contributed by atoms with Crippen LogP contribution in [0.4, 0.5) is 11.6 Å². The quantitative estimate of drug-likeness (QED) is 0.647. The maximum absolute atomic E-state index is 5.50. The Morgan fingerprint density at radius 1 is 1.29 bits per heavy atom. The maximum atomic E-state index is 5.50. The van der Waals surface area contributed by atoms with Crippen LogP contribution in [0.5, 0.6) is 5.75 Å². The van der Waals surface area contributed by atoms with Gasteiger partial charge in [0.1, 0.15) is 23.2 Å². The molecule has 0 bridgehead atoms. The summed E-state index contributed by atoms with van der Waals surface area (Å²) in [6.07, 6.45) is 0. The van der Waals surface area contributed by atoms with Gasteiger partial charge in [0.15, 0.2) is 0 Å². The molecule has 0 radical (unpaired) electrons. The molecule has 3 N–H and O–H groups in total. The predicted octanol–water partition coefficient (Wildman–Crippen LogP) is 2.02. The molecule has 6 heteroatoms. The van der Waals surface area contributed by atoms with Gasteiger partial charge >= 0.3 is 0 Å². The van der Waals surface area contributed by atoms with Crippen LogP contribution in [0.15, 0.2) is 24.3 Å². The Morgan fingerprint density at radius 3 is 2.71 bits per heavy atom. The summed E-state index contributed by atoms with van der Waals surface area (Å²) in [5, 5.41) is 0. The van der Waals surface area contributed by atoms with E-state index >= 15 is 0 Å².